The molecular formula is C26H31N4OS+. The second-order valence-electron chi connectivity index (χ2n) is 8.61. The van der Waals surface area contributed by atoms with Gasteiger partial charge in [-0.2, -0.15) is 0 Å². The van der Waals surface area contributed by atoms with Gasteiger partial charge in [-0.3, -0.25) is 4.79 Å². The van der Waals surface area contributed by atoms with Gasteiger partial charge >= 0.3 is 0 Å². The van der Waals surface area contributed by atoms with E-state index in [2.05, 4.69) is 84.0 Å². The van der Waals surface area contributed by atoms with Crippen molar-refractivity contribution in [2.45, 2.75) is 39.5 Å². The monoisotopic (exact) mass is 447 g/mol. The number of benzene rings is 2. The fourth-order valence-electron chi connectivity index (χ4n) is 4.92. The zero-order valence-corrected chi connectivity index (χ0v) is 19.6. The molecule has 0 saturated heterocycles. The first-order valence-electron chi connectivity index (χ1n) is 11.6. The minimum Gasteiger partial charge on any atom is -0.372 e. The molecule has 0 aliphatic carbocycles. The van der Waals surface area contributed by atoms with E-state index in [-0.39, 0.29) is 12.1 Å². The molecule has 3 N–H and O–H groups in total. The minimum atomic E-state index is -0.186. The number of fused-ring (bicyclic) bond motifs is 3. The summed E-state index contributed by atoms with van der Waals surface area (Å²) < 4.78 is 0. The molecule has 0 spiro atoms. The van der Waals surface area contributed by atoms with Gasteiger partial charge in [0.2, 0.25) is 0 Å². The average Bonchev–Trinajstić information content (AvgIpc) is 3.19. The van der Waals surface area contributed by atoms with E-state index in [1.54, 1.807) is 16.2 Å². The summed E-state index contributed by atoms with van der Waals surface area (Å²) >= 11 is 1.77. The van der Waals surface area contributed by atoms with Crippen molar-refractivity contribution in [2.24, 2.45) is 0 Å². The Morgan fingerprint density at radius 2 is 1.78 bits per heavy atom. The largest absolute Gasteiger partial charge is 0.372 e. The summed E-state index contributed by atoms with van der Waals surface area (Å²) in [7, 11) is 0. The molecule has 0 fully saturated rings. The number of nitrogens with zero attached hydrogens (tertiary/aromatic N) is 1. The first-order chi connectivity index (χ1) is 15.7. The maximum atomic E-state index is 13.1. The lowest BCUT2D eigenvalue weighted by molar-refractivity contribution is -0.929. The maximum absolute atomic E-state index is 13.1. The van der Waals surface area contributed by atoms with Crippen molar-refractivity contribution in [1.82, 2.24) is 5.32 Å². The van der Waals surface area contributed by atoms with Gasteiger partial charge < -0.3 is 20.4 Å². The van der Waals surface area contributed by atoms with Crippen LogP contribution in [0.4, 0.5) is 10.7 Å². The van der Waals surface area contributed by atoms with E-state index in [1.807, 2.05) is 0 Å². The molecule has 5 nitrogen and oxygen atoms in total. The summed E-state index contributed by atoms with van der Waals surface area (Å²) in [5.74, 6) is 0.0561. The van der Waals surface area contributed by atoms with Crippen LogP contribution in [0.5, 0.6) is 0 Å². The van der Waals surface area contributed by atoms with Crippen LogP contribution >= 0.6 is 11.3 Å². The molecule has 6 heteroatoms. The van der Waals surface area contributed by atoms with Crippen LogP contribution in [0.3, 0.4) is 0 Å². The molecule has 2 aliphatic heterocycles. The fourth-order valence-corrected chi connectivity index (χ4v) is 6.26. The van der Waals surface area contributed by atoms with Crippen LogP contribution in [-0.4, -0.2) is 25.5 Å². The highest BCUT2D eigenvalue weighted by atomic mass is 32.1. The number of carbonyl (C=O) groups excluding carboxylic acids is 1. The van der Waals surface area contributed by atoms with Gasteiger partial charge in [0.15, 0.2) is 0 Å². The Labute approximate surface area is 194 Å². The van der Waals surface area contributed by atoms with Crippen molar-refractivity contribution < 1.29 is 9.69 Å². The molecule has 0 bridgehead atoms. The van der Waals surface area contributed by atoms with Crippen LogP contribution < -0.4 is 20.4 Å². The molecule has 2 atom stereocenters. The normalized spacial score (nSPS) is 19.5. The highest BCUT2D eigenvalue weighted by molar-refractivity contribution is 7.16. The Bertz CT molecular complexity index is 1090. The number of carbonyl (C=O) groups is 1. The molecular weight excluding hydrogens is 416 g/mol. The van der Waals surface area contributed by atoms with Crippen molar-refractivity contribution in [3.05, 3.63) is 81.7 Å². The maximum Gasteiger partial charge on any atom is 0.256 e. The quantitative estimate of drug-likeness (QED) is 0.541. The first kappa shape index (κ1) is 21.0. The van der Waals surface area contributed by atoms with Crippen molar-refractivity contribution in [2.75, 3.05) is 29.9 Å². The Morgan fingerprint density at radius 3 is 2.50 bits per heavy atom. The number of nitrogens with one attached hydrogen (secondary N) is 3. The Balaban J connectivity index is 1.33. The van der Waals surface area contributed by atoms with Crippen LogP contribution in [-0.2, 0) is 19.5 Å². The standard InChI is InChI=1S/C26H30N4OS/c1-3-30(4-2)20-12-10-19(11-13-20)24-27-25(31)23-21-14-15-29(16-18-8-6-5-7-9-18)17-22(21)32-26(23)28-24/h5-13,24,28H,3-4,14-17H2,1-2H3,(H,27,31)/p+1/t24-/m0/s1. The van der Waals surface area contributed by atoms with Gasteiger partial charge in [0.1, 0.15) is 24.3 Å². The van der Waals surface area contributed by atoms with Crippen LogP contribution in [0.25, 0.3) is 0 Å². The SMILES string of the molecule is CCN(CC)c1ccc([C@H]2NC(=O)c3c(sc4c3CC[NH+](Cc3ccccc3)C4)N2)cc1. The van der Waals surface area contributed by atoms with E-state index < -0.39 is 0 Å². The third-order valence-electron chi connectivity index (χ3n) is 6.66. The summed E-state index contributed by atoms with van der Waals surface area (Å²) in [5.41, 5.74) is 5.80. The van der Waals surface area contributed by atoms with Crippen LogP contribution in [0.1, 0.15) is 51.9 Å². The van der Waals surface area contributed by atoms with E-state index in [0.29, 0.717) is 0 Å². The predicted molar refractivity (Wildman–Crippen MR) is 132 cm³/mol. The molecule has 32 heavy (non-hydrogen) atoms. The number of hydrogen-bond donors (Lipinski definition) is 3. The van der Waals surface area contributed by atoms with Crippen molar-refractivity contribution >= 4 is 27.9 Å². The highest BCUT2D eigenvalue weighted by Crippen LogP contribution is 2.39. The molecule has 1 unspecified atom stereocenters. The average molecular weight is 448 g/mol. The van der Waals surface area contributed by atoms with Gasteiger partial charge in [-0.15, -0.1) is 11.3 Å². The van der Waals surface area contributed by atoms with Gasteiger partial charge in [0, 0.05) is 30.8 Å². The molecule has 5 rings (SSSR count). The molecule has 2 aliphatic rings. The van der Waals surface area contributed by atoms with Crippen LogP contribution in [0.2, 0.25) is 0 Å². The second-order valence-corrected chi connectivity index (χ2v) is 9.72. The van der Waals surface area contributed by atoms with E-state index in [1.165, 1.54) is 21.7 Å². The molecule has 3 aromatic rings. The lowest BCUT2D eigenvalue weighted by Gasteiger charge is -2.28. The number of quaternary nitrogens is 1. The number of amides is 1. The Morgan fingerprint density at radius 1 is 1.03 bits per heavy atom. The first-order valence-corrected chi connectivity index (χ1v) is 12.4. The van der Waals surface area contributed by atoms with Crippen molar-refractivity contribution in [3.63, 3.8) is 0 Å². The van der Waals surface area contributed by atoms with E-state index in [0.717, 1.165) is 55.3 Å². The lowest BCUT2D eigenvalue weighted by atomic mass is 10.00. The van der Waals surface area contributed by atoms with Crippen molar-refractivity contribution in [1.29, 1.82) is 0 Å². The zero-order valence-electron chi connectivity index (χ0n) is 18.8. The molecule has 0 saturated carbocycles. The third kappa shape index (κ3) is 4.00. The molecule has 3 heterocycles. The van der Waals surface area contributed by atoms with Gasteiger partial charge in [0.05, 0.1) is 17.0 Å². The highest BCUT2D eigenvalue weighted by Gasteiger charge is 2.34. The lowest BCUT2D eigenvalue weighted by Crippen LogP contribution is -3.10. The summed E-state index contributed by atoms with van der Waals surface area (Å²) in [5, 5.41) is 7.82. The van der Waals surface area contributed by atoms with E-state index in [4.69, 9.17) is 0 Å². The van der Waals surface area contributed by atoms with Gasteiger partial charge in [0.25, 0.3) is 5.91 Å². The summed E-state index contributed by atoms with van der Waals surface area (Å²) in [6, 6.07) is 19.2. The Hall–Kier alpha value is -2.83. The van der Waals surface area contributed by atoms with E-state index >= 15 is 0 Å². The predicted octanol–water partition coefficient (Wildman–Crippen LogP) is 3.59. The van der Waals surface area contributed by atoms with Crippen LogP contribution in [0, 0.1) is 0 Å². The molecule has 0 radical (unpaired) electrons. The number of hydrogen-bond acceptors (Lipinski definition) is 4. The van der Waals surface area contributed by atoms with Gasteiger partial charge in [-0.1, -0.05) is 42.5 Å². The summed E-state index contributed by atoms with van der Waals surface area (Å²) in [4.78, 5) is 18.3. The van der Waals surface area contributed by atoms with Crippen LogP contribution in [0.15, 0.2) is 54.6 Å². The van der Waals surface area contributed by atoms with Gasteiger partial charge in [-0.25, -0.2) is 0 Å². The molecule has 166 valence electrons. The molecule has 2 aromatic carbocycles. The summed E-state index contributed by atoms with van der Waals surface area (Å²) in [6.45, 7) is 9.40. The second kappa shape index (κ2) is 8.96. The van der Waals surface area contributed by atoms with Gasteiger partial charge in [-0.05, 0) is 37.1 Å². The number of rotatable bonds is 6. The smallest absolute Gasteiger partial charge is 0.256 e. The van der Waals surface area contributed by atoms with Crippen molar-refractivity contribution in [3.8, 4) is 0 Å². The molecule has 1 aromatic heterocycles. The zero-order chi connectivity index (χ0) is 22.1. The number of anilines is 2. The fraction of sp³-hybridized carbons (Fsp3) is 0.346. The minimum absolute atomic E-state index is 0.0561. The molecule has 1 amide bonds. The topological polar surface area (TPSA) is 48.8 Å². The number of thiophene rings is 1. The summed E-state index contributed by atoms with van der Waals surface area (Å²) in [6.07, 6.45) is 0.774. The third-order valence-corrected chi connectivity index (χ3v) is 7.82. The Kier molecular flexibility index (Phi) is 5.89. The van der Waals surface area contributed by atoms with E-state index in [9.17, 15) is 4.79 Å².